The largest absolute Gasteiger partial charge is 0.218 e. The summed E-state index contributed by atoms with van der Waals surface area (Å²) in [5, 5.41) is 5.41. The van der Waals surface area contributed by atoms with Crippen LogP contribution < -0.4 is 0 Å². The van der Waals surface area contributed by atoms with Crippen LogP contribution in [0.5, 0.6) is 0 Å². The van der Waals surface area contributed by atoms with Crippen LogP contribution in [0, 0.1) is 13.8 Å². The molecule has 0 radical (unpaired) electrons. The van der Waals surface area contributed by atoms with Crippen LogP contribution in [0.1, 0.15) is 11.4 Å². The maximum Gasteiger partial charge on any atom is 0.211 e. The molecule has 0 aliphatic rings. The Morgan fingerprint density at radius 2 is 2.00 bits per heavy atom. The van der Waals surface area contributed by atoms with Crippen molar-refractivity contribution in [2.24, 2.45) is 0 Å². The summed E-state index contributed by atoms with van der Waals surface area (Å²) in [6, 6.07) is 8.14. The second-order valence-corrected chi connectivity index (χ2v) is 5.66. The molecule has 1 aromatic carbocycles. The summed E-state index contributed by atoms with van der Waals surface area (Å²) in [5.74, 6) is 0. The lowest BCUT2D eigenvalue weighted by Gasteiger charge is -1.97. The summed E-state index contributed by atoms with van der Waals surface area (Å²) < 4.78 is 4.13. The predicted molar refractivity (Wildman–Crippen MR) is 73.9 cm³/mol. The van der Waals surface area contributed by atoms with Crippen LogP contribution in [-0.2, 0) is 0 Å². The van der Waals surface area contributed by atoms with Crippen molar-refractivity contribution in [2.75, 3.05) is 0 Å². The standard InChI is InChI=1S/C12H10BrN3S/c1-7-11(13)8(2)16(15-7)12-14-9-5-3-4-6-10(9)17-12/h3-6H,1-2H3. The van der Waals surface area contributed by atoms with Crippen molar-refractivity contribution >= 4 is 37.5 Å². The van der Waals surface area contributed by atoms with Crippen molar-refractivity contribution in [3.8, 4) is 5.13 Å². The van der Waals surface area contributed by atoms with Crippen LogP contribution in [0.2, 0.25) is 0 Å². The molecule has 0 aliphatic carbocycles. The highest BCUT2D eigenvalue weighted by molar-refractivity contribution is 9.10. The number of benzene rings is 1. The van der Waals surface area contributed by atoms with Crippen molar-refractivity contribution < 1.29 is 0 Å². The molecule has 0 bridgehead atoms. The van der Waals surface area contributed by atoms with Gasteiger partial charge in [0.2, 0.25) is 5.13 Å². The molecule has 86 valence electrons. The summed E-state index contributed by atoms with van der Waals surface area (Å²) in [4.78, 5) is 4.60. The average molecular weight is 308 g/mol. The number of hydrogen-bond donors (Lipinski definition) is 0. The molecule has 0 aliphatic heterocycles. The molecule has 2 heterocycles. The lowest BCUT2D eigenvalue weighted by atomic mass is 10.3. The van der Waals surface area contributed by atoms with Gasteiger partial charge in [0.05, 0.1) is 26.1 Å². The highest BCUT2D eigenvalue weighted by Gasteiger charge is 2.13. The molecule has 0 saturated heterocycles. The van der Waals surface area contributed by atoms with Gasteiger partial charge in [-0.3, -0.25) is 0 Å². The van der Waals surface area contributed by atoms with Gasteiger partial charge >= 0.3 is 0 Å². The van der Waals surface area contributed by atoms with Crippen molar-refractivity contribution in [1.29, 1.82) is 0 Å². The molecule has 0 atom stereocenters. The van der Waals surface area contributed by atoms with E-state index in [1.165, 1.54) is 4.70 Å². The highest BCUT2D eigenvalue weighted by atomic mass is 79.9. The minimum Gasteiger partial charge on any atom is -0.218 e. The predicted octanol–water partition coefficient (Wildman–Crippen LogP) is 3.86. The first kappa shape index (κ1) is 10.9. The molecule has 0 amide bonds. The van der Waals surface area contributed by atoms with Gasteiger partial charge in [-0.25, -0.2) is 9.67 Å². The number of rotatable bonds is 1. The number of para-hydroxylation sites is 1. The maximum atomic E-state index is 4.60. The van der Waals surface area contributed by atoms with E-state index in [1.54, 1.807) is 11.3 Å². The Labute approximate surface area is 111 Å². The van der Waals surface area contributed by atoms with Gasteiger partial charge in [0, 0.05) is 0 Å². The molecule has 0 N–H and O–H groups in total. The molecule has 17 heavy (non-hydrogen) atoms. The number of aromatic nitrogens is 3. The third-order valence-electron chi connectivity index (χ3n) is 2.67. The number of hydrogen-bond acceptors (Lipinski definition) is 3. The lowest BCUT2D eigenvalue weighted by Crippen LogP contribution is -1.97. The van der Waals surface area contributed by atoms with Crippen LogP contribution in [-0.4, -0.2) is 14.8 Å². The first-order valence-electron chi connectivity index (χ1n) is 5.24. The Balaban J connectivity index is 2.23. The molecule has 5 heteroatoms. The fourth-order valence-electron chi connectivity index (χ4n) is 1.76. The van der Waals surface area contributed by atoms with Gasteiger partial charge in [-0.05, 0) is 41.9 Å². The Bertz CT molecular complexity index is 666. The molecule has 0 spiro atoms. The van der Waals surface area contributed by atoms with Crippen LogP contribution in [0.15, 0.2) is 28.7 Å². The van der Waals surface area contributed by atoms with Crippen molar-refractivity contribution in [3.63, 3.8) is 0 Å². The monoisotopic (exact) mass is 307 g/mol. The van der Waals surface area contributed by atoms with E-state index in [-0.39, 0.29) is 0 Å². The molecule has 0 fully saturated rings. The Morgan fingerprint density at radius 1 is 1.24 bits per heavy atom. The van der Waals surface area contributed by atoms with E-state index >= 15 is 0 Å². The smallest absolute Gasteiger partial charge is 0.211 e. The summed E-state index contributed by atoms with van der Waals surface area (Å²) in [6.45, 7) is 4.02. The number of halogens is 1. The van der Waals surface area contributed by atoms with Gasteiger partial charge in [-0.1, -0.05) is 23.5 Å². The minimum absolute atomic E-state index is 0.914. The van der Waals surface area contributed by atoms with Gasteiger partial charge in [-0.2, -0.15) is 5.10 Å². The number of nitrogens with zero attached hydrogens (tertiary/aromatic N) is 3. The van der Waals surface area contributed by atoms with Gasteiger partial charge in [0.25, 0.3) is 0 Å². The molecular weight excluding hydrogens is 298 g/mol. The highest BCUT2D eigenvalue weighted by Crippen LogP contribution is 2.28. The second kappa shape index (κ2) is 3.92. The average Bonchev–Trinajstić information content (AvgIpc) is 2.86. The topological polar surface area (TPSA) is 30.7 Å². The number of thiazole rings is 1. The van der Waals surface area contributed by atoms with E-state index in [1.807, 2.05) is 36.7 Å². The van der Waals surface area contributed by atoms with E-state index in [2.05, 4.69) is 32.1 Å². The van der Waals surface area contributed by atoms with Crippen molar-refractivity contribution in [1.82, 2.24) is 14.8 Å². The zero-order valence-corrected chi connectivity index (χ0v) is 11.8. The quantitative estimate of drug-likeness (QED) is 0.683. The van der Waals surface area contributed by atoms with Crippen LogP contribution in [0.3, 0.4) is 0 Å². The second-order valence-electron chi connectivity index (χ2n) is 3.86. The van der Waals surface area contributed by atoms with Crippen LogP contribution in [0.25, 0.3) is 15.3 Å². The third kappa shape index (κ3) is 1.70. The van der Waals surface area contributed by atoms with Gasteiger partial charge < -0.3 is 0 Å². The number of fused-ring (bicyclic) bond motifs is 1. The molecule has 3 aromatic rings. The van der Waals surface area contributed by atoms with Gasteiger partial charge in [0.15, 0.2) is 0 Å². The van der Waals surface area contributed by atoms with Crippen LogP contribution >= 0.6 is 27.3 Å². The summed E-state index contributed by atoms with van der Waals surface area (Å²) in [6.07, 6.45) is 0. The molecule has 2 aromatic heterocycles. The van der Waals surface area contributed by atoms with Crippen molar-refractivity contribution in [2.45, 2.75) is 13.8 Å². The third-order valence-corrected chi connectivity index (χ3v) is 4.83. The fraction of sp³-hybridized carbons (Fsp3) is 0.167. The first-order chi connectivity index (χ1) is 8.16. The first-order valence-corrected chi connectivity index (χ1v) is 6.85. The zero-order chi connectivity index (χ0) is 12.0. The Morgan fingerprint density at radius 3 is 2.65 bits per heavy atom. The zero-order valence-electron chi connectivity index (χ0n) is 9.44. The van der Waals surface area contributed by atoms with Crippen LogP contribution in [0.4, 0.5) is 0 Å². The van der Waals surface area contributed by atoms with E-state index in [9.17, 15) is 0 Å². The normalized spacial score (nSPS) is 11.2. The lowest BCUT2D eigenvalue weighted by molar-refractivity contribution is 0.827. The molecule has 3 rings (SSSR count). The van der Waals surface area contributed by atoms with Gasteiger partial charge in [0.1, 0.15) is 0 Å². The maximum absolute atomic E-state index is 4.60. The van der Waals surface area contributed by atoms with Crippen molar-refractivity contribution in [3.05, 3.63) is 40.1 Å². The molecule has 0 unspecified atom stereocenters. The molecular formula is C12H10BrN3S. The fourth-order valence-corrected chi connectivity index (χ4v) is 2.98. The van der Waals surface area contributed by atoms with E-state index in [4.69, 9.17) is 0 Å². The summed E-state index contributed by atoms with van der Waals surface area (Å²) in [5.41, 5.74) is 3.10. The Hall–Kier alpha value is -1.20. The van der Waals surface area contributed by atoms with E-state index in [0.29, 0.717) is 0 Å². The van der Waals surface area contributed by atoms with E-state index in [0.717, 1.165) is 26.5 Å². The van der Waals surface area contributed by atoms with Gasteiger partial charge in [-0.15, -0.1) is 0 Å². The Kier molecular flexibility index (Phi) is 2.52. The number of aryl methyl sites for hydroxylation is 1. The van der Waals surface area contributed by atoms with E-state index < -0.39 is 0 Å². The molecule has 0 saturated carbocycles. The molecule has 3 nitrogen and oxygen atoms in total. The summed E-state index contributed by atoms with van der Waals surface area (Å²) in [7, 11) is 0. The minimum atomic E-state index is 0.914. The SMILES string of the molecule is Cc1nn(-c2nc3ccccc3s2)c(C)c1Br. The summed E-state index contributed by atoms with van der Waals surface area (Å²) >= 11 is 5.19.